The maximum atomic E-state index is 11.1. The van der Waals surface area contributed by atoms with Crippen LogP contribution in [0.5, 0.6) is 0 Å². The average Bonchev–Trinajstić information content (AvgIpc) is 2.15. The van der Waals surface area contributed by atoms with Gasteiger partial charge in [-0.2, -0.15) is 0 Å². The van der Waals surface area contributed by atoms with Gasteiger partial charge in [0.25, 0.3) is 0 Å². The second-order valence-electron chi connectivity index (χ2n) is 4.18. The molecule has 0 saturated heterocycles. The molecule has 14 heavy (non-hydrogen) atoms. The number of esters is 1. The molecule has 0 fully saturated rings. The van der Waals surface area contributed by atoms with Gasteiger partial charge in [0, 0.05) is 0 Å². The van der Waals surface area contributed by atoms with E-state index in [9.17, 15) is 4.79 Å². The molecule has 0 unspecified atom stereocenters. The van der Waals surface area contributed by atoms with Gasteiger partial charge in [-0.1, -0.05) is 34.6 Å². The van der Waals surface area contributed by atoms with Gasteiger partial charge in [-0.05, 0) is 19.4 Å². The predicted molar refractivity (Wildman–Crippen MR) is 60.3 cm³/mol. The number of hydrogen-bond acceptors (Lipinski definition) is 3. The topological polar surface area (TPSA) is 38.3 Å². The van der Waals surface area contributed by atoms with E-state index in [-0.39, 0.29) is 17.4 Å². The summed E-state index contributed by atoms with van der Waals surface area (Å²) in [5.41, 5.74) is 0.0448. The highest BCUT2D eigenvalue weighted by Gasteiger charge is 2.16. The third kappa shape index (κ3) is 9.52. The fourth-order valence-electron chi connectivity index (χ4n) is 0.530. The van der Waals surface area contributed by atoms with E-state index in [0.717, 1.165) is 0 Å². The number of likely N-dealkylation sites (N-methyl/N-ethyl adjacent to an activating group) is 1. The molecule has 0 rings (SSSR count). The van der Waals surface area contributed by atoms with Crippen molar-refractivity contribution in [3.63, 3.8) is 0 Å². The highest BCUT2D eigenvalue weighted by Crippen LogP contribution is 2.12. The molecule has 0 aliphatic heterocycles. The smallest absolute Gasteiger partial charge is 0.322 e. The Labute approximate surface area is 88.2 Å². The second-order valence-corrected chi connectivity index (χ2v) is 4.18. The number of carbonyl (C=O) groups is 1. The zero-order chi connectivity index (χ0) is 11.8. The Morgan fingerprint density at radius 2 is 1.79 bits per heavy atom. The lowest BCUT2D eigenvalue weighted by atomic mass is 9.99. The van der Waals surface area contributed by atoms with Crippen LogP contribution in [0.2, 0.25) is 0 Å². The summed E-state index contributed by atoms with van der Waals surface area (Å²) < 4.78 is 5.06. The standard InChI is InChI=1S/C9H19NO2.C2H6/c1-7(10-5)8(11)12-6-9(2,3)4;1-2/h7,10H,6H2,1-5H3;1-2H3/t7-;/m0./s1. The van der Waals surface area contributed by atoms with Crippen molar-refractivity contribution in [1.82, 2.24) is 5.32 Å². The summed E-state index contributed by atoms with van der Waals surface area (Å²) in [6.45, 7) is 12.3. The molecule has 0 aromatic carbocycles. The van der Waals surface area contributed by atoms with E-state index in [1.807, 2.05) is 34.6 Å². The summed E-state index contributed by atoms with van der Waals surface area (Å²) >= 11 is 0. The van der Waals surface area contributed by atoms with Gasteiger partial charge in [0.2, 0.25) is 0 Å². The van der Waals surface area contributed by atoms with Gasteiger partial charge in [-0.3, -0.25) is 4.79 Å². The second kappa shape index (κ2) is 7.80. The fraction of sp³-hybridized carbons (Fsp3) is 0.909. The summed E-state index contributed by atoms with van der Waals surface area (Å²) in [5, 5.41) is 2.83. The molecule has 0 aromatic heterocycles. The molecule has 0 aliphatic carbocycles. The monoisotopic (exact) mass is 203 g/mol. The maximum absolute atomic E-state index is 11.1. The molecule has 0 bridgehead atoms. The number of nitrogens with one attached hydrogen (secondary N) is 1. The molecule has 0 aliphatic rings. The van der Waals surface area contributed by atoms with E-state index >= 15 is 0 Å². The van der Waals surface area contributed by atoms with Crippen LogP contribution in [0, 0.1) is 5.41 Å². The van der Waals surface area contributed by atoms with E-state index in [4.69, 9.17) is 4.74 Å². The number of rotatable bonds is 3. The minimum absolute atomic E-state index is 0.0448. The maximum Gasteiger partial charge on any atom is 0.322 e. The lowest BCUT2D eigenvalue weighted by Gasteiger charge is -2.19. The minimum Gasteiger partial charge on any atom is -0.464 e. The molecular formula is C11H25NO2. The molecule has 0 aromatic rings. The SMILES string of the molecule is CC.CN[C@@H](C)C(=O)OCC(C)(C)C. The third-order valence-corrected chi connectivity index (χ3v) is 1.43. The Morgan fingerprint density at radius 3 is 2.07 bits per heavy atom. The number of hydrogen-bond donors (Lipinski definition) is 1. The van der Waals surface area contributed by atoms with Crippen LogP contribution in [0.4, 0.5) is 0 Å². The van der Waals surface area contributed by atoms with Crippen LogP contribution in [-0.2, 0) is 9.53 Å². The molecule has 0 amide bonds. The van der Waals surface area contributed by atoms with Gasteiger partial charge in [0.15, 0.2) is 0 Å². The number of ether oxygens (including phenoxy) is 1. The van der Waals surface area contributed by atoms with Crippen LogP contribution >= 0.6 is 0 Å². The van der Waals surface area contributed by atoms with Crippen molar-refractivity contribution >= 4 is 5.97 Å². The summed E-state index contributed by atoms with van der Waals surface area (Å²) in [5.74, 6) is -0.188. The van der Waals surface area contributed by atoms with Crippen LogP contribution < -0.4 is 5.32 Å². The predicted octanol–water partition coefficient (Wildman–Crippen LogP) is 2.21. The van der Waals surface area contributed by atoms with E-state index in [1.54, 1.807) is 14.0 Å². The normalized spacial score (nSPS) is 12.5. The van der Waals surface area contributed by atoms with Crippen LogP contribution in [0.25, 0.3) is 0 Å². The van der Waals surface area contributed by atoms with Crippen molar-refractivity contribution in [2.45, 2.75) is 47.6 Å². The summed E-state index contributed by atoms with van der Waals surface area (Å²) in [7, 11) is 1.74. The van der Waals surface area contributed by atoms with E-state index in [2.05, 4.69) is 5.32 Å². The highest BCUT2D eigenvalue weighted by molar-refractivity contribution is 5.75. The first-order valence-electron chi connectivity index (χ1n) is 5.21. The first-order chi connectivity index (χ1) is 6.37. The molecular weight excluding hydrogens is 178 g/mol. The Bertz CT molecular complexity index is 150. The quantitative estimate of drug-likeness (QED) is 0.715. The molecule has 0 saturated carbocycles. The van der Waals surface area contributed by atoms with Crippen molar-refractivity contribution in [3.05, 3.63) is 0 Å². The lowest BCUT2D eigenvalue weighted by Crippen LogP contribution is -2.34. The summed E-state index contributed by atoms with van der Waals surface area (Å²) in [6, 6.07) is -0.215. The van der Waals surface area contributed by atoms with E-state index in [1.165, 1.54) is 0 Å². The zero-order valence-corrected chi connectivity index (χ0v) is 10.6. The molecule has 3 heteroatoms. The first-order valence-corrected chi connectivity index (χ1v) is 5.21. The third-order valence-electron chi connectivity index (χ3n) is 1.43. The Morgan fingerprint density at radius 1 is 1.36 bits per heavy atom. The van der Waals surface area contributed by atoms with Crippen molar-refractivity contribution in [1.29, 1.82) is 0 Å². The molecule has 3 nitrogen and oxygen atoms in total. The van der Waals surface area contributed by atoms with Crippen molar-refractivity contribution in [2.24, 2.45) is 5.41 Å². The lowest BCUT2D eigenvalue weighted by molar-refractivity contribution is -0.148. The molecule has 1 N–H and O–H groups in total. The van der Waals surface area contributed by atoms with E-state index in [0.29, 0.717) is 6.61 Å². The molecule has 1 atom stereocenters. The summed E-state index contributed by atoms with van der Waals surface area (Å²) in [4.78, 5) is 11.1. The molecule has 0 heterocycles. The first kappa shape index (κ1) is 15.9. The zero-order valence-electron chi connectivity index (χ0n) is 10.6. The largest absolute Gasteiger partial charge is 0.464 e. The van der Waals surface area contributed by atoms with Gasteiger partial charge < -0.3 is 10.1 Å². The number of carbonyl (C=O) groups excluding carboxylic acids is 1. The fourth-order valence-corrected chi connectivity index (χ4v) is 0.530. The summed E-state index contributed by atoms with van der Waals surface area (Å²) in [6.07, 6.45) is 0. The van der Waals surface area contributed by atoms with Gasteiger partial charge in [0.05, 0.1) is 6.61 Å². The Balaban J connectivity index is 0. The van der Waals surface area contributed by atoms with Gasteiger partial charge in [-0.25, -0.2) is 0 Å². The Hall–Kier alpha value is -0.570. The van der Waals surface area contributed by atoms with Crippen LogP contribution in [-0.4, -0.2) is 25.7 Å². The molecule has 86 valence electrons. The van der Waals surface area contributed by atoms with Crippen LogP contribution in [0.15, 0.2) is 0 Å². The minimum atomic E-state index is -0.215. The van der Waals surface area contributed by atoms with Crippen LogP contribution in [0.1, 0.15) is 41.5 Å². The van der Waals surface area contributed by atoms with Crippen LogP contribution in [0.3, 0.4) is 0 Å². The Kier molecular flexibility index (Phi) is 8.85. The van der Waals surface area contributed by atoms with Crippen molar-refractivity contribution in [2.75, 3.05) is 13.7 Å². The molecule has 0 spiro atoms. The van der Waals surface area contributed by atoms with Crippen molar-refractivity contribution < 1.29 is 9.53 Å². The van der Waals surface area contributed by atoms with E-state index < -0.39 is 0 Å². The molecule has 0 radical (unpaired) electrons. The van der Waals surface area contributed by atoms with Gasteiger partial charge in [0.1, 0.15) is 6.04 Å². The highest BCUT2D eigenvalue weighted by atomic mass is 16.5. The van der Waals surface area contributed by atoms with Crippen molar-refractivity contribution in [3.8, 4) is 0 Å². The van der Waals surface area contributed by atoms with Gasteiger partial charge in [-0.15, -0.1) is 0 Å². The van der Waals surface area contributed by atoms with Gasteiger partial charge >= 0.3 is 5.97 Å². The average molecular weight is 203 g/mol.